The molecule has 0 heterocycles. The standard InChI is InChI=1S/C15H14N2O/c1-11-13(6-4-7-14(11)17)10-18-15-8-3-2-5-12(15)9-16/h2-8H,10,17H2,1H3. The molecule has 2 aromatic rings. The van der Waals surface area contributed by atoms with Gasteiger partial charge in [0.15, 0.2) is 0 Å². The average molecular weight is 238 g/mol. The smallest absolute Gasteiger partial charge is 0.137 e. The number of benzene rings is 2. The zero-order chi connectivity index (χ0) is 13.0. The summed E-state index contributed by atoms with van der Waals surface area (Å²) in [7, 11) is 0. The Labute approximate surface area is 106 Å². The first-order chi connectivity index (χ1) is 8.72. The van der Waals surface area contributed by atoms with Crippen LogP contribution in [0.3, 0.4) is 0 Å². The Morgan fingerprint density at radius 2 is 1.94 bits per heavy atom. The third-order valence-electron chi connectivity index (χ3n) is 2.88. The van der Waals surface area contributed by atoms with Crippen LogP contribution >= 0.6 is 0 Å². The van der Waals surface area contributed by atoms with Crippen molar-refractivity contribution in [2.24, 2.45) is 0 Å². The van der Waals surface area contributed by atoms with Crippen molar-refractivity contribution in [2.75, 3.05) is 5.73 Å². The second-order valence-electron chi connectivity index (χ2n) is 4.03. The van der Waals surface area contributed by atoms with Crippen molar-refractivity contribution in [3.05, 3.63) is 59.2 Å². The van der Waals surface area contributed by atoms with Gasteiger partial charge < -0.3 is 10.5 Å². The third kappa shape index (κ3) is 2.44. The van der Waals surface area contributed by atoms with Gasteiger partial charge in [-0.25, -0.2) is 0 Å². The number of nitrogens with zero attached hydrogens (tertiary/aromatic N) is 1. The molecule has 3 nitrogen and oxygen atoms in total. The molecule has 0 aliphatic carbocycles. The lowest BCUT2D eigenvalue weighted by Crippen LogP contribution is -2.01. The molecule has 0 unspecified atom stereocenters. The van der Waals surface area contributed by atoms with Gasteiger partial charge in [-0.3, -0.25) is 0 Å². The summed E-state index contributed by atoms with van der Waals surface area (Å²) >= 11 is 0. The van der Waals surface area contributed by atoms with Crippen molar-refractivity contribution in [2.45, 2.75) is 13.5 Å². The first-order valence-corrected chi connectivity index (χ1v) is 5.68. The summed E-state index contributed by atoms with van der Waals surface area (Å²) in [5.41, 5.74) is 9.18. The highest BCUT2D eigenvalue weighted by molar-refractivity contribution is 5.50. The third-order valence-corrected chi connectivity index (χ3v) is 2.88. The van der Waals surface area contributed by atoms with E-state index in [1.54, 1.807) is 12.1 Å². The van der Waals surface area contributed by atoms with Gasteiger partial charge >= 0.3 is 0 Å². The highest BCUT2D eigenvalue weighted by Gasteiger charge is 2.05. The van der Waals surface area contributed by atoms with Gasteiger partial charge in [-0.1, -0.05) is 24.3 Å². The van der Waals surface area contributed by atoms with Crippen molar-refractivity contribution in [3.8, 4) is 11.8 Å². The minimum Gasteiger partial charge on any atom is -0.488 e. The van der Waals surface area contributed by atoms with Crippen LogP contribution in [0, 0.1) is 18.3 Å². The van der Waals surface area contributed by atoms with E-state index >= 15 is 0 Å². The summed E-state index contributed by atoms with van der Waals surface area (Å²) in [6, 6.07) is 15.0. The van der Waals surface area contributed by atoms with Crippen molar-refractivity contribution in [3.63, 3.8) is 0 Å². The van der Waals surface area contributed by atoms with E-state index < -0.39 is 0 Å². The van der Waals surface area contributed by atoms with E-state index in [9.17, 15) is 0 Å². The van der Waals surface area contributed by atoms with E-state index in [0.717, 1.165) is 16.8 Å². The molecule has 0 aromatic heterocycles. The molecule has 18 heavy (non-hydrogen) atoms. The van der Waals surface area contributed by atoms with Crippen LogP contribution in [0.15, 0.2) is 42.5 Å². The minimum absolute atomic E-state index is 0.412. The molecule has 0 fully saturated rings. The first kappa shape index (κ1) is 12.0. The molecule has 0 atom stereocenters. The summed E-state index contributed by atoms with van der Waals surface area (Å²) in [6.45, 7) is 2.37. The van der Waals surface area contributed by atoms with Crippen LogP contribution < -0.4 is 10.5 Å². The lowest BCUT2D eigenvalue weighted by molar-refractivity contribution is 0.304. The minimum atomic E-state index is 0.412. The molecule has 2 N–H and O–H groups in total. The summed E-state index contributed by atoms with van der Waals surface area (Å²) in [6.07, 6.45) is 0. The molecule has 0 aliphatic rings. The van der Waals surface area contributed by atoms with E-state index in [-0.39, 0.29) is 0 Å². The fourth-order valence-corrected chi connectivity index (χ4v) is 1.70. The largest absolute Gasteiger partial charge is 0.488 e. The molecule has 3 heteroatoms. The normalized spacial score (nSPS) is 9.78. The van der Waals surface area contributed by atoms with E-state index in [2.05, 4.69) is 6.07 Å². The van der Waals surface area contributed by atoms with Crippen molar-refractivity contribution in [1.82, 2.24) is 0 Å². The Kier molecular flexibility index (Phi) is 3.49. The number of nitriles is 1. The molecule has 0 radical (unpaired) electrons. The lowest BCUT2D eigenvalue weighted by atomic mass is 10.1. The lowest BCUT2D eigenvalue weighted by Gasteiger charge is -2.11. The van der Waals surface area contributed by atoms with Gasteiger partial charge in [-0.05, 0) is 36.2 Å². The first-order valence-electron chi connectivity index (χ1n) is 5.68. The van der Waals surface area contributed by atoms with Crippen LogP contribution in [0.2, 0.25) is 0 Å². The molecule has 0 saturated heterocycles. The predicted molar refractivity (Wildman–Crippen MR) is 71.1 cm³/mol. The molecule has 2 rings (SSSR count). The maximum absolute atomic E-state index is 8.96. The Hall–Kier alpha value is -2.47. The Balaban J connectivity index is 2.17. The molecule has 90 valence electrons. The van der Waals surface area contributed by atoms with Gasteiger partial charge in [0, 0.05) is 5.69 Å². The van der Waals surface area contributed by atoms with Crippen LogP contribution in [-0.4, -0.2) is 0 Å². The summed E-state index contributed by atoms with van der Waals surface area (Å²) < 4.78 is 5.67. The number of anilines is 1. The van der Waals surface area contributed by atoms with E-state index in [1.165, 1.54) is 0 Å². The maximum Gasteiger partial charge on any atom is 0.137 e. The predicted octanol–water partition coefficient (Wildman–Crippen LogP) is 3.03. The number of ether oxygens (including phenoxy) is 1. The number of hydrogen-bond acceptors (Lipinski definition) is 3. The molecule has 2 aromatic carbocycles. The van der Waals surface area contributed by atoms with E-state index in [1.807, 2.05) is 37.3 Å². The summed E-state index contributed by atoms with van der Waals surface area (Å²) in [4.78, 5) is 0. The summed E-state index contributed by atoms with van der Waals surface area (Å²) in [5, 5.41) is 8.96. The number of nitrogens with two attached hydrogens (primary N) is 1. The Morgan fingerprint density at radius 1 is 1.17 bits per heavy atom. The van der Waals surface area contributed by atoms with Gasteiger partial charge in [-0.2, -0.15) is 5.26 Å². The average Bonchev–Trinajstić information content (AvgIpc) is 2.41. The maximum atomic E-state index is 8.96. The topological polar surface area (TPSA) is 59.0 Å². The van der Waals surface area contributed by atoms with Crippen molar-refractivity contribution >= 4 is 5.69 Å². The van der Waals surface area contributed by atoms with Gasteiger partial charge in [0.1, 0.15) is 18.4 Å². The number of para-hydroxylation sites is 1. The molecule has 0 aliphatic heterocycles. The van der Waals surface area contributed by atoms with Gasteiger partial charge in [0.25, 0.3) is 0 Å². The van der Waals surface area contributed by atoms with Crippen molar-refractivity contribution < 1.29 is 4.74 Å². The van der Waals surface area contributed by atoms with Crippen LogP contribution in [0.25, 0.3) is 0 Å². The fraction of sp³-hybridized carbons (Fsp3) is 0.133. The number of nitrogen functional groups attached to an aromatic ring is 1. The Morgan fingerprint density at radius 3 is 2.72 bits per heavy atom. The highest BCUT2D eigenvalue weighted by Crippen LogP contribution is 2.21. The second kappa shape index (κ2) is 5.24. The Bertz CT molecular complexity index is 600. The summed E-state index contributed by atoms with van der Waals surface area (Å²) in [5.74, 6) is 0.599. The molecular formula is C15H14N2O. The zero-order valence-corrected chi connectivity index (χ0v) is 10.2. The highest BCUT2D eigenvalue weighted by atomic mass is 16.5. The molecule has 0 amide bonds. The van der Waals surface area contributed by atoms with Gasteiger partial charge in [-0.15, -0.1) is 0 Å². The van der Waals surface area contributed by atoms with Crippen LogP contribution in [0.1, 0.15) is 16.7 Å². The molecule has 0 saturated carbocycles. The van der Waals surface area contributed by atoms with Gasteiger partial charge in [0.05, 0.1) is 5.56 Å². The number of hydrogen-bond donors (Lipinski definition) is 1. The quantitative estimate of drug-likeness (QED) is 0.836. The molecular weight excluding hydrogens is 224 g/mol. The van der Waals surface area contributed by atoms with Crippen LogP contribution in [0.4, 0.5) is 5.69 Å². The SMILES string of the molecule is Cc1c(N)cccc1COc1ccccc1C#N. The zero-order valence-electron chi connectivity index (χ0n) is 10.2. The van der Waals surface area contributed by atoms with Gasteiger partial charge in [0.2, 0.25) is 0 Å². The van der Waals surface area contributed by atoms with E-state index in [4.69, 9.17) is 15.7 Å². The monoisotopic (exact) mass is 238 g/mol. The second-order valence-corrected chi connectivity index (χ2v) is 4.03. The van der Waals surface area contributed by atoms with Crippen LogP contribution in [-0.2, 0) is 6.61 Å². The fourth-order valence-electron chi connectivity index (χ4n) is 1.70. The van der Waals surface area contributed by atoms with Crippen LogP contribution in [0.5, 0.6) is 5.75 Å². The van der Waals surface area contributed by atoms with Crippen molar-refractivity contribution in [1.29, 1.82) is 5.26 Å². The number of rotatable bonds is 3. The molecule has 0 spiro atoms. The van der Waals surface area contributed by atoms with E-state index in [0.29, 0.717) is 17.9 Å². The molecule has 0 bridgehead atoms.